The first-order valence-corrected chi connectivity index (χ1v) is 36.1. The van der Waals surface area contributed by atoms with E-state index in [9.17, 15) is 76.4 Å². The van der Waals surface area contributed by atoms with Crippen LogP contribution in [0.1, 0.15) is 141 Å². The molecule has 2 saturated heterocycles. The van der Waals surface area contributed by atoms with E-state index in [1.54, 1.807) is 57.2 Å². The molecular weight excluding hydrogens is 1480 g/mol. The molecule has 8 rings (SSSR count). The fourth-order valence-corrected chi connectivity index (χ4v) is 14.3. The number of alkyl carbamates (subject to hydrolysis) is 1. The number of aliphatic hydroxyl groups is 3. The molecule has 1 unspecified atom stereocenters. The van der Waals surface area contributed by atoms with Gasteiger partial charge in [0.05, 0.1) is 144 Å². The Morgan fingerprint density at radius 3 is 1.79 bits per heavy atom. The van der Waals surface area contributed by atoms with Gasteiger partial charge in [0.1, 0.15) is 48.3 Å². The number of nitrogens with one attached hydrogen (secondary N) is 1. The van der Waals surface area contributed by atoms with E-state index in [1.165, 1.54) is 71.9 Å². The first kappa shape index (κ1) is 87.7. The average molecular weight is 1580 g/mol. The standard InChI is InChI=1S/C78H93F3N4O27/c1-46-53(108-68(95)62(92)61(48-19-13-11-14-20-48)83-70(97)112-72(3,4)5)43-77(99)66(110-67(94)49-21-15-12-16-22-49)64-75(10,54(87)42-55-76(64,45-107-55)111-47(2)86)65(93)63(60(46)73(77,6)7)109-59(91)28-27-58(90)106-40-38-103-36-34-101-32-31-100-33-35-102-37-39-105-57(89)26-25-56(88)104-30-18-17-29-84-71(98)85(69(96)74(84,8)9)51-24-23-50(44-82)52(41-51)78(79,80)81/h11-16,19-24,41,53-55,61-64,66,87,92,99H,25-40,42-43,45H2,1-10H3,(H,83,97)/t53-,54-,55?,61-,62+,63+,64-,66-,75+,76-,77+/m0/s1. The lowest BCUT2D eigenvalue weighted by molar-refractivity contribution is -0.346. The van der Waals surface area contributed by atoms with Crippen molar-refractivity contribution < 1.29 is 143 Å². The zero-order chi connectivity index (χ0) is 82.3. The van der Waals surface area contributed by atoms with Gasteiger partial charge in [0, 0.05) is 25.2 Å². The minimum Gasteiger partial charge on any atom is -0.463 e. The third-order valence-electron chi connectivity index (χ3n) is 20.1. The minimum absolute atomic E-state index is 0.0131. The van der Waals surface area contributed by atoms with Crippen molar-refractivity contribution in [2.45, 2.75) is 179 Å². The van der Waals surface area contributed by atoms with Crippen LogP contribution in [0.3, 0.4) is 0 Å². The quantitative estimate of drug-likeness (QED) is 0.0131. The summed E-state index contributed by atoms with van der Waals surface area (Å²) in [7, 11) is 0. The van der Waals surface area contributed by atoms with Crippen molar-refractivity contribution in [3.63, 3.8) is 0 Å². The highest BCUT2D eigenvalue weighted by Gasteiger charge is 2.78. The van der Waals surface area contributed by atoms with E-state index in [-0.39, 0.29) is 120 Å². The molecule has 2 heterocycles. The van der Waals surface area contributed by atoms with Crippen molar-refractivity contribution in [3.05, 3.63) is 112 Å². The van der Waals surface area contributed by atoms with Crippen molar-refractivity contribution in [3.8, 4) is 17.9 Å². The molecule has 4 fully saturated rings. The SMILES string of the molecule is CC(=O)O[C@@]12COC1C[C@H](O)[C@@]1(C)C(=O)[C@H](OC(=O)CCC(=O)OCCOCCOCCOCCOCCOC(=O)CCC(=O)OCC#CCN3C(=O)N(c4ccc(C#N)c(C(F)(F)F)c4)C(=O)C3(C)C)C3=C(C)[C@@H](OC(=O)[C@H](O)[C@@H](NC(=O)OC(C)(C)C)c4ccccc4)C[C@@](O)([C@@H](OC(=O)c4ccccc4)[C@@H]12)C3(C)C. The van der Waals surface area contributed by atoms with Gasteiger partial charge in [-0.05, 0) is 95.5 Å². The van der Waals surface area contributed by atoms with Gasteiger partial charge in [-0.15, -0.1) is 0 Å². The Balaban J connectivity index is 0.778. The molecule has 3 aliphatic carbocycles. The third kappa shape index (κ3) is 20.3. The van der Waals surface area contributed by atoms with Crippen LogP contribution in [0.5, 0.6) is 0 Å². The second-order valence-corrected chi connectivity index (χ2v) is 29.4. The number of carbonyl (C=O) groups is 11. The monoisotopic (exact) mass is 1570 g/mol. The summed E-state index contributed by atoms with van der Waals surface area (Å²) in [5.74, 6) is -5.24. The number of alkyl halides is 3. The molecule has 4 N–H and O–H groups in total. The van der Waals surface area contributed by atoms with E-state index in [0.29, 0.717) is 11.0 Å². The Bertz CT molecular complexity index is 4110. The molecule has 2 aliphatic heterocycles. The number of urea groups is 1. The van der Waals surface area contributed by atoms with Crippen LogP contribution in [-0.2, 0) is 106 Å². The number of nitriles is 1. The number of carbonyl (C=O) groups excluding carboxylic acids is 11. The van der Waals surface area contributed by atoms with E-state index in [2.05, 4.69) is 17.2 Å². The number of nitrogens with zero attached hydrogens (tertiary/aromatic N) is 3. The number of ketones is 1. The first-order chi connectivity index (χ1) is 52.7. The maximum Gasteiger partial charge on any atom is 0.417 e. The van der Waals surface area contributed by atoms with Gasteiger partial charge in [-0.3, -0.25) is 38.5 Å². The van der Waals surface area contributed by atoms with Crippen LogP contribution in [0.2, 0.25) is 0 Å². The Hall–Kier alpha value is -9.91. The molecule has 0 aromatic heterocycles. The molecule has 0 radical (unpaired) electrons. The maximum absolute atomic E-state index is 16.1. The Morgan fingerprint density at radius 1 is 0.723 bits per heavy atom. The largest absolute Gasteiger partial charge is 0.463 e. The lowest BCUT2D eigenvalue weighted by Crippen LogP contribution is -2.82. The van der Waals surface area contributed by atoms with Crippen LogP contribution >= 0.6 is 0 Å². The van der Waals surface area contributed by atoms with Crippen LogP contribution < -0.4 is 10.2 Å². The molecule has 34 heteroatoms. The second-order valence-electron chi connectivity index (χ2n) is 29.4. The van der Waals surface area contributed by atoms with Crippen molar-refractivity contribution >= 4 is 71.3 Å². The van der Waals surface area contributed by atoms with Crippen LogP contribution in [-0.4, -0.2) is 231 Å². The summed E-state index contributed by atoms with van der Waals surface area (Å²) < 4.78 is 114. The van der Waals surface area contributed by atoms with E-state index in [4.69, 9.17) is 66.8 Å². The van der Waals surface area contributed by atoms with Crippen molar-refractivity contribution in [2.75, 3.05) is 90.7 Å². The van der Waals surface area contributed by atoms with Gasteiger partial charge in [0.15, 0.2) is 30.2 Å². The number of halogens is 3. The van der Waals surface area contributed by atoms with Crippen LogP contribution in [0.4, 0.5) is 28.4 Å². The number of aliphatic hydroxyl groups excluding tert-OH is 2. The highest BCUT2D eigenvalue weighted by atomic mass is 19.4. The molecule has 112 heavy (non-hydrogen) atoms. The number of esters is 7. The second kappa shape index (κ2) is 37.2. The number of imide groups is 1. The third-order valence-corrected chi connectivity index (χ3v) is 20.1. The van der Waals surface area contributed by atoms with Crippen molar-refractivity contribution in [1.29, 1.82) is 5.26 Å². The number of amides is 4. The molecule has 3 aromatic rings. The molecule has 608 valence electrons. The molecule has 11 atom stereocenters. The predicted molar refractivity (Wildman–Crippen MR) is 380 cm³/mol. The van der Waals surface area contributed by atoms with E-state index in [1.807, 2.05) is 0 Å². The Kier molecular flexibility index (Phi) is 29.1. The Labute approximate surface area is 643 Å². The van der Waals surface area contributed by atoms with E-state index in [0.717, 1.165) is 24.0 Å². The lowest BCUT2D eigenvalue weighted by atomic mass is 9.44. The zero-order valence-electron chi connectivity index (χ0n) is 63.7. The van der Waals surface area contributed by atoms with Gasteiger partial charge >= 0.3 is 60.1 Å². The fraction of sp³-hybridized carbons (Fsp3) is 0.564. The van der Waals surface area contributed by atoms with Gasteiger partial charge in [-0.2, -0.15) is 18.4 Å². The molecular formula is C78H93F3N4O27. The van der Waals surface area contributed by atoms with Crippen molar-refractivity contribution in [1.82, 2.24) is 10.2 Å². The first-order valence-electron chi connectivity index (χ1n) is 36.1. The number of rotatable bonds is 33. The van der Waals surface area contributed by atoms with Crippen LogP contribution in [0.15, 0.2) is 90.0 Å². The molecule has 5 aliphatic rings. The fourth-order valence-electron chi connectivity index (χ4n) is 14.3. The van der Waals surface area contributed by atoms with Gasteiger partial charge in [-0.25, -0.2) is 24.1 Å². The maximum atomic E-state index is 16.1. The zero-order valence-corrected chi connectivity index (χ0v) is 63.7. The van der Waals surface area contributed by atoms with E-state index < -0.39 is 197 Å². The summed E-state index contributed by atoms with van der Waals surface area (Å²) in [4.78, 5) is 152. The molecule has 31 nitrogen and oxygen atoms in total. The summed E-state index contributed by atoms with van der Waals surface area (Å²) in [5.41, 5.74) is -13.5. The van der Waals surface area contributed by atoms with Gasteiger partial charge < -0.3 is 82.2 Å². The average Bonchev–Trinajstić information content (AvgIpc) is 0.763. The van der Waals surface area contributed by atoms with Gasteiger partial charge in [0.2, 0.25) is 0 Å². The molecule has 3 aromatic carbocycles. The van der Waals surface area contributed by atoms with Crippen molar-refractivity contribution in [2.24, 2.45) is 16.7 Å². The number of benzene rings is 3. The number of Topliss-reactive ketones (excluding diaryl/α,β-unsaturated/α-hetero) is 1. The van der Waals surface area contributed by atoms with Gasteiger partial charge in [-0.1, -0.05) is 74.2 Å². The molecule has 0 spiro atoms. The summed E-state index contributed by atoms with van der Waals surface area (Å²) >= 11 is 0. The summed E-state index contributed by atoms with van der Waals surface area (Å²) in [6, 6.07) is 17.0. The smallest absolute Gasteiger partial charge is 0.417 e. The number of hydrogen-bond donors (Lipinski definition) is 4. The number of hydrogen-bond acceptors (Lipinski definition) is 28. The normalized spacial score (nSPS) is 24.1. The minimum atomic E-state index is -4.93. The molecule has 2 saturated carbocycles. The summed E-state index contributed by atoms with van der Waals surface area (Å²) in [6.45, 7) is 13.6. The van der Waals surface area contributed by atoms with Crippen LogP contribution in [0, 0.1) is 39.9 Å². The topological polar surface area (TPSA) is 411 Å². The summed E-state index contributed by atoms with van der Waals surface area (Å²) in [5, 5.41) is 50.0. The Morgan fingerprint density at radius 2 is 1.27 bits per heavy atom. The highest BCUT2D eigenvalue weighted by Crippen LogP contribution is 2.65. The highest BCUT2D eigenvalue weighted by molar-refractivity contribution is 6.23. The number of fused-ring (bicyclic) bond motifs is 5. The van der Waals surface area contributed by atoms with E-state index >= 15 is 4.79 Å². The van der Waals surface area contributed by atoms with Crippen LogP contribution in [0.25, 0.3) is 0 Å². The number of ether oxygens (including phenoxy) is 13. The predicted octanol–water partition coefficient (Wildman–Crippen LogP) is 6.21. The lowest BCUT2D eigenvalue weighted by Gasteiger charge is -2.67. The molecule has 2 bridgehead atoms. The summed E-state index contributed by atoms with van der Waals surface area (Å²) in [6.07, 6.45) is -19.7. The molecule has 4 amide bonds. The number of anilines is 1. The van der Waals surface area contributed by atoms with Gasteiger partial charge in [0.25, 0.3) is 5.91 Å².